The molecule has 22 heavy (non-hydrogen) atoms. The first-order chi connectivity index (χ1) is 10.4. The van der Waals surface area contributed by atoms with Crippen LogP contribution >= 0.6 is 11.3 Å². The molecule has 0 radical (unpaired) electrons. The van der Waals surface area contributed by atoms with Gasteiger partial charge in [-0.1, -0.05) is 24.3 Å². The quantitative estimate of drug-likeness (QED) is 0.932. The van der Waals surface area contributed by atoms with Gasteiger partial charge < -0.3 is 0 Å². The van der Waals surface area contributed by atoms with Gasteiger partial charge in [0.25, 0.3) is 0 Å². The highest BCUT2D eigenvalue weighted by Crippen LogP contribution is 2.32. The van der Waals surface area contributed by atoms with Gasteiger partial charge in [0, 0.05) is 10.9 Å². The van der Waals surface area contributed by atoms with Gasteiger partial charge >= 0.3 is 0 Å². The molecule has 3 rings (SSSR count). The molecule has 1 saturated heterocycles. The van der Waals surface area contributed by atoms with E-state index in [4.69, 9.17) is 5.14 Å². The van der Waals surface area contributed by atoms with E-state index in [0.717, 1.165) is 10.4 Å². The van der Waals surface area contributed by atoms with Crippen molar-refractivity contribution in [2.45, 2.75) is 30.0 Å². The molecule has 1 fully saturated rings. The Kier molecular flexibility index (Phi) is 4.36. The summed E-state index contributed by atoms with van der Waals surface area (Å²) in [7, 11) is -3.61. The van der Waals surface area contributed by atoms with Gasteiger partial charge in [-0.2, -0.15) is 0 Å². The lowest BCUT2D eigenvalue weighted by molar-refractivity contribution is 0.263. The maximum absolute atomic E-state index is 11.4. The van der Waals surface area contributed by atoms with E-state index in [1.165, 1.54) is 42.8 Å². The number of benzene rings is 1. The Balaban J connectivity index is 1.80. The Morgan fingerprint density at radius 2 is 1.73 bits per heavy atom. The van der Waals surface area contributed by atoms with Crippen LogP contribution in [0.4, 0.5) is 0 Å². The predicted octanol–water partition coefficient (Wildman–Crippen LogP) is 3.22. The first-order valence-electron chi connectivity index (χ1n) is 7.42. The van der Waals surface area contributed by atoms with Gasteiger partial charge in [-0.15, -0.1) is 11.3 Å². The highest BCUT2D eigenvalue weighted by Gasteiger charge is 2.19. The second-order valence-electron chi connectivity index (χ2n) is 5.70. The summed E-state index contributed by atoms with van der Waals surface area (Å²) >= 11 is 1.21. The Morgan fingerprint density at radius 1 is 1.09 bits per heavy atom. The van der Waals surface area contributed by atoms with Crippen molar-refractivity contribution < 1.29 is 8.42 Å². The van der Waals surface area contributed by atoms with E-state index in [0.29, 0.717) is 6.04 Å². The van der Waals surface area contributed by atoms with Gasteiger partial charge in [0.2, 0.25) is 10.0 Å². The minimum absolute atomic E-state index is 0.206. The van der Waals surface area contributed by atoms with E-state index in [-0.39, 0.29) is 4.21 Å². The number of nitrogens with two attached hydrogens (primary N) is 1. The molecule has 0 spiro atoms. The van der Waals surface area contributed by atoms with Crippen LogP contribution in [-0.4, -0.2) is 26.4 Å². The van der Waals surface area contributed by atoms with Crippen LogP contribution in [0, 0.1) is 0 Å². The summed E-state index contributed by atoms with van der Waals surface area (Å²) in [4.78, 5) is 3.42. The molecule has 0 unspecified atom stereocenters. The lowest BCUT2D eigenvalue weighted by Gasteiger charge is -2.24. The third kappa shape index (κ3) is 3.25. The minimum Gasteiger partial charge on any atom is -0.297 e. The van der Waals surface area contributed by atoms with Crippen LogP contribution in [0.25, 0.3) is 10.4 Å². The topological polar surface area (TPSA) is 63.4 Å². The third-order valence-corrected chi connectivity index (χ3v) is 6.80. The second kappa shape index (κ2) is 6.12. The minimum atomic E-state index is -3.61. The number of hydrogen-bond acceptors (Lipinski definition) is 4. The molecule has 118 valence electrons. The normalized spacial score (nSPS) is 17.7. The van der Waals surface area contributed by atoms with Gasteiger partial charge in [0.15, 0.2) is 0 Å². The van der Waals surface area contributed by atoms with Gasteiger partial charge in [0.1, 0.15) is 4.21 Å². The van der Waals surface area contributed by atoms with Crippen molar-refractivity contribution in [1.82, 2.24) is 4.90 Å². The molecule has 1 aromatic heterocycles. The first-order valence-corrected chi connectivity index (χ1v) is 9.78. The fourth-order valence-electron chi connectivity index (χ4n) is 2.89. The number of nitrogens with zero attached hydrogens (tertiary/aromatic N) is 1. The zero-order valence-electron chi connectivity index (χ0n) is 12.5. The zero-order chi connectivity index (χ0) is 15.7. The molecule has 2 heterocycles. The summed E-state index contributed by atoms with van der Waals surface area (Å²) in [6.45, 7) is 4.59. The lowest BCUT2D eigenvalue weighted by atomic mass is 10.0. The molecule has 2 N–H and O–H groups in total. The van der Waals surface area contributed by atoms with Crippen molar-refractivity contribution >= 4 is 21.4 Å². The number of likely N-dealkylation sites (tertiary alicyclic amines) is 1. The van der Waals surface area contributed by atoms with Crippen LogP contribution in [0.3, 0.4) is 0 Å². The van der Waals surface area contributed by atoms with Crippen molar-refractivity contribution in [2.24, 2.45) is 5.14 Å². The maximum Gasteiger partial charge on any atom is 0.247 e. The van der Waals surface area contributed by atoms with E-state index >= 15 is 0 Å². The monoisotopic (exact) mass is 336 g/mol. The Labute approximate surface area is 135 Å². The standard InChI is InChI=1S/C16H20N2O2S2/c1-12(18-10-2-3-11-18)13-4-6-14(7-5-13)15-8-9-16(21-15)22(17,19)20/h4-9,12H,2-3,10-11H2,1H3,(H2,17,19,20)/t12-/m1/s1. The fourth-order valence-corrected chi connectivity index (χ4v) is 4.63. The number of rotatable bonds is 4. The fraction of sp³-hybridized carbons (Fsp3) is 0.375. The maximum atomic E-state index is 11.4. The molecular weight excluding hydrogens is 316 g/mol. The van der Waals surface area contributed by atoms with Crippen molar-refractivity contribution in [2.75, 3.05) is 13.1 Å². The smallest absolute Gasteiger partial charge is 0.247 e. The Bertz CT molecular complexity index is 745. The summed E-state index contributed by atoms with van der Waals surface area (Å²) in [5.41, 5.74) is 2.33. The molecule has 0 bridgehead atoms. The van der Waals surface area contributed by atoms with Crippen LogP contribution in [0.1, 0.15) is 31.4 Å². The molecule has 1 aliphatic rings. The third-order valence-electron chi connectivity index (χ3n) is 4.23. The van der Waals surface area contributed by atoms with Gasteiger partial charge in [-0.3, -0.25) is 4.90 Å². The van der Waals surface area contributed by atoms with E-state index in [1.54, 1.807) is 6.07 Å². The van der Waals surface area contributed by atoms with E-state index in [2.05, 4.69) is 36.1 Å². The van der Waals surface area contributed by atoms with E-state index in [9.17, 15) is 8.42 Å². The van der Waals surface area contributed by atoms with Crippen LogP contribution in [0.2, 0.25) is 0 Å². The molecule has 1 aliphatic heterocycles. The van der Waals surface area contributed by atoms with Crippen molar-refractivity contribution in [1.29, 1.82) is 0 Å². The van der Waals surface area contributed by atoms with E-state index < -0.39 is 10.0 Å². The molecular formula is C16H20N2O2S2. The van der Waals surface area contributed by atoms with Gasteiger partial charge in [-0.25, -0.2) is 13.6 Å². The molecule has 0 saturated carbocycles. The summed E-state index contributed by atoms with van der Waals surface area (Å²) in [5.74, 6) is 0. The van der Waals surface area contributed by atoms with Crippen LogP contribution in [-0.2, 0) is 10.0 Å². The summed E-state index contributed by atoms with van der Waals surface area (Å²) in [6.07, 6.45) is 2.57. The highest BCUT2D eigenvalue weighted by atomic mass is 32.2. The Morgan fingerprint density at radius 3 is 2.27 bits per heavy atom. The highest BCUT2D eigenvalue weighted by molar-refractivity contribution is 7.91. The van der Waals surface area contributed by atoms with Crippen molar-refractivity contribution in [3.8, 4) is 10.4 Å². The van der Waals surface area contributed by atoms with Gasteiger partial charge in [0.05, 0.1) is 0 Å². The second-order valence-corrected chi connectivity index (χ2v) is 8.58. The molecule has 1 aromatic carbocycles. The number of primary sulfonamides is 1. The molecule has 4 nitrogen and oxygen atoms in total. The zero-order valence-corrected chi connectivity index (χ0v) is 14.2. The average Bonchev–Trinajstić information content (AvgIpc) is 3.17. The molecule has 2 aromatic rings. The van der Waals surface area contributed by atoms with Gasteiger partial charge in [-0.05, 0) is 56.1 Å². The molecule has 0 aliphatic carbocycles. The van der Waals surface area contributed by atoms with Crippen LogP contribution < -0.4 is 5.14 Å². The molecule has 0 amide bonds. The van der Waals surface area contributed by atoms with E-state index in [1.807, 2.05) is 6.07 Å². The number of sulfonamides is 1. The molecule has 1 atom stereocenters. The number of hydrogen-bond donors (Lipinski definition) is 1. The number of thiophene rings is 1. The summed E-state index contributed by atoms with van der Waals surface area (Å²) in [5, 5.41) is 5.16. The molecule has 6 heteroatoms. The Hall–Kier alpha value is -1.21. The van der Waals surface area contributed by atoms with Crippen LogP contribution in [0.5, 0.6) is 0 Å². The van der Waals surface area contributed by atoms with Crippen LogP contribution in [0.15, 0.2) is 40.6 Å². The predicted molar refractivity (Wildman–Crippen MR) is 90.4 cm³/mol. The average molecular weight is 336 g/mol. The summed E-state index contributed by atoms with van der Waals surface area (Å²) < 4.78 is 22.9. The van der Waals surface area contributed by atoms with Crippen molar-refractivity contribution in [3.05, 3.63) is 42.0 Å². The lowest BCUT2D eigenvalue weighted by Crippen LogP contribution is -2.23. The summed E-state index contributed by atoms with van der Waals surface area (Å²) in [6, 6.07) is 12.2. The SMILES string of the molecule is C[C@H](c1ccc(-c2ccc(S(N)(=O)=O)s2)cc1)N1CCCC1. The largest absolute Gasteiger partial charge is 0.297 e. The first kappa shape index (κ1) is 15.7. The van der Waals surface area contributed by atoms with Crippen molar-refractivity contribution in [3.63, 3.8) is 0 Å².